The van der Waals surface area contributed by atoms with Crippen molar-refractivity contribution in [2.75, 3.05) is 26.0 Å². The molecule has 0 fully saturated rings. The summed E-state index contributed by atoms with van der Waals surface area (Å²) in [6.07, 6.45) is 7.41. The Labute approximate surface area is 130 Å². The van der Waals surface area contributed by atoms with Gasteiger partial charge in [-0.1, -0.05) is 18.7 Å². The van der Waals surface area contributed by atoms with E-state index < -0.39 is 0 Å². The fourth-order valence-electron chi connectivity index (χ4n) is 2.29. The van der Waals surface area contributed by atoms with Gasteiger partial charge in [-0.25, -0.2) is 9.97 Å². The first kappa shape index (κ1) is 15.9. The molecule has 1 amide bonds. The van der Waals surface area contributed by atoms with E-state index in [0.717, 1.165) is 5.56 Å². The zero-order valence-electron chi connectivity index (χ0n) is 12.9. The van der Waals surface area contributed by atoms with Gasteiger partial charge in [-0.05, 0) is 13.0 Å². The molecule has 1 aliphatic rings. The molecule has 6 heteroatoms. The zero-order chi connectivity index (χ0) is 16.1. The summed E-state index contributed by atoms with van der Waals surface area (Å²) in [7, 11) is 1.60. The Morgan fingerprint density at radius 3 is 3.00 bits per heavy atom. The molecule has 1 aromatic rings. The topological polar surface area (TPSA) is 81.3 Å². The van der Waals surface area contributed by atoms with E-state index in [4.69, 9.17) is 10.5 Å². The van der Waals surface area contributed by atoms with Crippen LogP contribution in [0.15, 0.2) is 36.7 Å². The molecule has 0 saturated carbocycles. The van der Waals surface area contributed by atoms with Crippen LogP contribution in [0.1, 0.15) is 18.2 Å². The number of carbonyl (C=O) groups excluding carboxylic acids is 1. The van der Waals surface area contributed by atoms with Crippen LogP contribution in [0.25, 0.3) is 5.57 Å². The van der Waals surface area contributed by atoms with Gasteiger partial charge >= 0.3 is 0 Å². The average molecular weight is 300 g/mol. The number of fused-ring (bicyclic) bond motifs is 1. The van der Waals surface area contributed by atoms with Gasteiger partial charge in [0.2, 0.25) is 11.9 Å². The molecule has 2 rings (SSSR count). The highest BCUT2D eigenvalue weighted by atomic mass is 16.5. The summed E-state index contributed by atoms with van der Waals surface area (Å²) < 4.78 is 5.10. The van der Waals surface area contributed by atoms with E-state index in [1.807, 2.05) is 25.2 Å². The van der Waals surface area contributed by atoms with Gasteiger partial charge < -0.3 is 15.4 Å². The molecule has 1 aromatic heterocycles. The van der Waals surface area contributed by atoms with Crippen molar-refractivity contribution in [3.63, 3.8) is 0 Å². The minimum absolute atomic E-state index is 0.0407. The van der Waals surface area contributed by atoms with Crippen molar-refractivity contribution in [2.45, 2.75) is 13.3 Å². The second-order valence-corrected chi connectivity index (χ2v) is 4.87. The highest BCUT2D eigenvalue weighted by Gasteiger charge is 2.28. The summed E-state index contributed by atoms with van der Waals surface area (Å²) in [5, 5.41) is 0. The predicted octanol–water partition coefficient (Wildman–Crippen LogP) is 1.56. The predicted molar refractivity (Wildman–Crippen MR) is 85.7 cm³/mol. The smallest absolute Gasteiger partial charge is 0.231 e. The summed E-state index contributed by atoms with van der Waals surface area (Å²) >= 11 is 0. The number of anilines is 1. The molecule has 0 spiro atoms. The minimum atomic E-state index is -0.0407. The Morgan fingerprint density at radius 1 is 1.55 bits per heavy atom. The van der Waals surface area contributed by atoms with Gasteiger partial charge in [-0.15, -0.1) is 0 Å². The van der Waals surface area contributed by atoms with Crippen LogP contribution in [0.2, 0.25) is 0 Å². The maximum Gasteiger partial charge on any atom is 0.231 e. The molecule has 2 heterocycles. The van der Waals surface area contributed by atoms with E-state index in [0.29, 0.717) is 30.1 Å². The molecule has 6 nitrogen and oxygen atoms in total. The third kappa shape index (κ3) is 3.23. The molecule has 2 N–H and O–H groups in total. The summed E-state index contributed by atoms with van der Waals surface area (Å²) in [6, 6.07) is 0. The number of nitrogens with two attached hydrogens (primary N) is 1. The fraction of sp³-hybridized carbons (Fsp3) is 0.312. The quantitative estimate of drug-likeness (QED) is 0.912. The van der Waals surface area contributed by atoms with Crippen LogP contribution in [0, 0.1) is 0 Å². The van der Waals surface area contributed by atoms with E-state index in [2.05, 4.69) is 16.5 Å². The molecule has 0 bridgehead atoms. The zero-order valence-corrected chi connectivity index (χ0v) is 12.9. The van der Waals surface area contributed by atoms with Crippen molar-refractivity contribution < 1.29 is 9.53 Å². The Morgan fingerprint density at radius 2 is 2.32 bits per heavy atom. The van der Waals surface area contributed by atoms with Crippen LogP contribution in [-0.2, 0) is 16.0 Å². The van der Waals surface area contributed by atoms with Crippen molar-refractivity contribution in [3.05, 3.63) is 48.0 Å². The van der Waals surface area contributed by atoms with Gasteiger partial charge in [0.1, 0.15) is 0 Å². The van der Waals surface area contributed by atoms with Crippen LogP contribution in [-0.4, -0.2) is 41.0 Å². The Hall–Kier alpha value is -2.47. The molecule has 0 saturated heterocycles. The lowest BCUT2D eigenvalue weighted by molar-refractivity contribution is -0.128. The number of carbonyl (C=O) groups is 1. The van der Waals surface area contributed by atoms with Crippen LogP contribution in [0.3, 0.4) is 0 Å². The summed E-state index contributed by atoms with van der Waals surface area (Å²) in [6.45, 7) is 6.90. The molecule has 0 unspecified atom stereocenters. The monoisotopic (exact) mass is 300 g/mol. The van der Waals surface area contributed by atoms with Gasteiger partial charge in [0.25, 0.3) is 0 Å². The molecule has 1 aliphatic heterocycles. The van der Waals surface area contributed by atoms with Crippen LogP contribution in [0.5, 0.6) is 0 Å². The number of amides is 1. The maximum absolute atomic E-state index is 12.6. The van der Waals surface area contributed by atoms with Crippen LogP contribution >= 0.6 is 0 Å². The van der Waals surface area contributed by atoms with Crippen LogP contribution in [0.4, 0.5) is 5.95 Å². The second kappa shape index (κ2) is 7.00. The first-order valence-corrected chi connectivity index (χ1v) is 7.01. The third-order valence-electron chi connectivity index (χ3n) is 3.38. The summed E-state index contributed by atoms with van der Waals surface area (Å²) in [4.78, 5) is 22.5. The number of hydrogen-bond donors (Lipinski definition) is 1. The molecule has 0 radical (unpaired) electrons. The van der Waals surface area contributed by atoms with E-state index in [-0.39, 0.29) is 18.3 Å². The Balaban J connectivity index is 2.52. The van der Waals surface area contributed by atoms with Crippen molar-refractivity contribution in [1.29, 1.82) is 0 Å². The molecular weight excluding hydrogens is 280 g/mol. The number of methoxy groups -OCH3 is 1. The summed E-state index contributed by atoms with van der Waals surface area (Å²) in [5.41, 5.74) is 8.39. The highest BCUT2D eigenvalue weighted by Crippen LogP contribution is 2.30. The second-order valence-electron chi connectivity index (χ2n) is 4.87. The van der Waals surface area contributed by atoms with Crippen LogP contribution < -0.4 is 5.73 Å². The van der Waals surface area contributed by atoms with Crippen molar-refractivity contribution >= 4 is 17.4 Å². The molecule has 116 valence electrons. The first-order chi connectivity index (χ1) is 10.6. The van der Waals surface area contributed by atoms with E-state index >= 15 is 0 Å². The first-order valence-electron chi connectivity index (χ1n) is 7.01. The molecule has 0 aliphatic carbocycles. The number of allylic oxidation sites excluding steroid dienone is 4. The van der Waals surface area contributed by atoms with E-state index in [1.165, 1.54) is 0 Å². The van der Waals surface area contributed by atoms with Gasteiger partial charge in [-0.2, -0.15) is 0 Å². The number of hydrogen-bond acceptors (Lipinski definition) is 5. The lowest BCUT2D eigenvalue weighted by atomic mass is 10.1. The molecular formula is C16H20N4O2. The van der Waals surface area contributed by atoms with Gasteiger partial charge in [0.05, 0.1) is 24.4 Å². The normalized spacial score (nSPS) is 17.2. The molecule has 0 aromatic carbocycles. The molecule has 22 heavy (non-hydrogen) atoms. The lowest BCUT2D eigenvalue weighted by Gasteiger charge is -2.23. The van der Waals surface area contributed by atoms with E-state index in [9.17, 15) is 4.79 Å². The standard InChI is InChI=1S/C16H20N4O2/c1-4-5-6-13-11(2)15-12(10-18-16(17)19-15)9-14(21)20(13)7-8-22-3/h4-6,10H,2,7-9H2,1,3H3,(H2,17,18,19)/b5-4-,13-6+. The average Bonchev–Trinajstić information content (AvgIpc) is 2.59. The number of nitrogens with zero attached hydrogens (tertiary/aromatic N) is 3. The maximum atomic E-state index is 12.6. The minimum Gasteiger partial charge on any atom is -0.383 e. The van der Waals surface area contributed by atoms with Crippen molar-refractivity contribution in [2.24, 2.45) is 0 Å². The number of nitrogen functional groups attached to an aromatic ring is 1. The Bertz CT molecular complexity index is 650. The lowest BCUT2D eigenvalue weighted by Crippen LogP contribution is -2.33. The SMILES string of the molecule is C=C1/C(=C\C=C/C)N(CCOC)C(=O)Cc2cnc(N)nc21. The largest absolute Gasteiger partial charge is 0.383 e. The van der Waals surface area contributed by atoms with Crippen molar-refractivity contribution in [1.82, 2.24) is 14.9 Å². The molecule has 0 atom stereocenters. The van der Waals surface area contributed by atoms with Crippen molar-refractivity contribution in [3.8, 4) is 0 Å². The van der Waals surface area contributed by atoms with Gasteiger partial charge in [0, 0.05) is 31.0 Å². The third-order valence-corrected chi connectivity index (χ3v) is 3.38. The number of rotatable bonds is 4. The van der Waals surface area contributed by atoms with E-state index in [1.54, 1.807) is 18.2 Å². The number of ether oxygens (including phenoxy) is 1. The van der Waals surface area contributed by atoms with Gasteiger partial charge in [-0.3, -0.25) is 4.79 Å². The van der Waals surface area contributed by atoms with Gasteiger partial charge in [0.15, 0.2) is 0 Å². The number of aromatic nitrogens is 2. The fourth-order valence-corrected chi connectivity index (χ4v) is 2.29. The Kier molecular flexibility index (Phi) is 5.06. The highest BCUT2D eigenvalue weighted by molar-refractivity contribution is 5.91. The summed E-state index contributed by atoms with van der Waals surface area (Å²) in [5.74, 6) is 0.129.